The third-order valence-corrected chi connectivity index (χ3v) is 5.96. The van der Waals surface area contributed by atoms with Crippen LogP contribution in [0.3, 0.4) is 0 Å². The number of ether oxygens (including phenoxy) is 3. The Hall–Kier alpha value is -1.57. The standard InChI is InChI=1S/C20H26ClFN2O4.C2H6/c21-15-9-17(22)20-18(10-15)28-16(12-27-20)11-23-4-1-14(2-5-23)3-6-24-7-8-26-13-19(24)25;1-2/h9-10,14,16H,1-8,11-13H2;1-2H3/t16-;/m0./s1. The smallest absolute Gasteiger partial charge is 0.248 e. The highest BCUT2D eigenvalue weighted by Crippen LogP contribution is 2.37. The molecule has 2 fully saturated rings. The number of morpholine rings is 1. The van der Waals surface area contributed by atoms with Gasteiger partial charge < -0.3 is 19.1 Å². The van der Waals surface area contributed by atoms with Crippen molar-refractivity contribution >= 4 is 17.5 Å². The first-order valence-corrected chi connectivity index (χ1v) is 11.3. The number of piperidine rings is 1. The lowest BCUT2D eigenvalue weighted by Crippen LogP contribution is -2.45. The summed E-state index contributed by atoms with van der Waals surface area (Å²) in [6.45, 7) is 9.49. The largest absolute Gasteiger partial charge is 0.483 e. The van der Waals surface area contributed by atoms with Gasteiger partial charge >= 0.3 is 0 Å². The molecule has 0 unspecified atom stereocenters. The van der Waals surface area contributed by atoms with Crippen LogP contribution in [0.25, 0.3) is 0 Å². The number of rotatable bonds is 5. The summed E-state index contributed by atoms with van der Waals surface area (Å²) in [5.41, 5.74) is 0. The molecular weight excluding hydrogens is 411 g/mol. The summed E-state index contributed by atoms with van der Waals surface area (Å²) in [6.07, 6.45) is 3.15. The Morgan fingerprint density at radius 1 is 1.20 bits per heavy atom. The monoisotopic (exact) mass is 442 g/mol. The third kappa shape index (κ3) is 5.99. The number of hydrogen-bond acceptors (Lipinski definition) is 5. The van der Waals surface area contributed by atoms with Crippen molar-refractivity contribution in [1.82, 2.24) is 9.80 Å². The van der Waals surface area contributed by atoms with Crippen LogP contribution in [0.2, 0.25) is 5.02 Å². The molecule has 0 saturated carbocycles. The Bertz CT molecular complexity index is 713. The molecule has 3 heterocycles. The van der Waals surface area contributed by atoms with Crippen LogP contribution in [0.4, 0.5) is 4.39 Å². The molecule has 0 N–H and O–H groups in total. The second kappa shape index (κ2) is 11.2. The van der Waals surface area contributed by atoms with Crippen molar-refractivity contribution in [2.75, 3.05) is 52.5 Å². The molecule has 0 aliphatic carbocycles. The molecule has 3 aliphatic heterocycles. The molecule has 1 atom stereocenters. The van der Waals surface area contributed by atoms with E-state index in [9.17, 15) is 9.18 Å². The topological polar surface area (TPSA) is 51.2 Å². The van der Waals surface area contributed by atoms with Crippen LogP contribution in [-0.4, -0.2) is 74.4 Å². The van der Waals surface area contributed by atoms with Crippen LogP contribution in [0.1, 0.15) is 33.1 Å². The molecule has 4 rings (SSSR count). The van der Waals surface area contributed by atoms with Crippen LogP contribution < -0.4 is 9.47 Å². The molecule has 168 valence electrons. The van der Waals surface area contributed by atoms with Crippen LogP contribution in [0, 0.1) is 11.7 Å². The molecular formula is C22H32ClFN2O4. The van der Waals surface area contributed by atoms with E-state index in [0.29, 0.717) is 36.4 Å². The molecule has 0 spiro atoms. The zero-order valence-corrected chi connectivity index (χ0v) is 18.6. The minimum absolute atomic E-state index is 0.106. The lowest BCUT2D eigenvalue weighted by molar-refractivity contribution is -0.142. The fourth-order valence-electron chi connectivity index (χ4n) is 4.11. The Morgan fingerprint density at radius 3 is 2.70 bits per heavy atom. The van der Waals surface area contributed by atoms with E-state index in [1.807, 2.05) is 18.7 Å². The molecule has 6 nitrogen and oxygen atoms in total. The van der Waals surface area contributed by atoms with Gasteiger partial charge in [0.05, 0.1) is 6.61 Å². The van der Waals surface area contributed by atoms with Gasteiger partial charge in [0.2, 0.25) is 5.91 Å². The molecule has 1 aromatic rings. The van der Waals surface area contributed by atoms with Crippen LogP contribution in [-0.2, 0) is 9.53 Å². The lowest BCUT2D eigenvalue weighted by atomic mass is 9.93. The van der Waals surface area contributed by atoms with E-state index in [4.69, 9.17) is 25.8 Å². The van der Waals surface area contributed by atoms with Gasteiger partial charge in [0.15, 0.2) is 17.3 Å². The SMILES string of the molecule is CC.O=C1COCCN1CCC1CCN(C[C@H]2COc3c(F)cc(Cl)cc3O2)CC1. The summed E-state index contributed by atoms with van der Waals surface area (Å²) in [5.74, 6) is 0.794. The van der Waals surface area contributed by atoms with Gasteiger partial charge in [-0.15, -0.1) is 0 Å². The molecule has 1 aromatic carbocycles. The van der Waals surface area contributed by atoms with Crippen molar-refractivity contribution in [3.63, 3.8) is 0 Å². The predicted molar refractivity (Wildman–Crippen MR) is 114 cm³/mol. The van der Waals surface area contributed by atoms with Crippen molar-refractivity contribution in [3.8, 4) is 11.5 Å². The van der Waals surface area contributed by atoms with Gasteiger partial charge in [0.1, 0.15) is 19.3 Å². The lowest BCUT2D eigenvalue weighted by Gasteiger charge is -2.36. The average molecular weight is 443 g/mol. The van der Waals surface area contributed by atoms with Crippen LogP contribution in [0.15, 0.2) is 12.1 Å². The zero-order chi connectivity index (χ0) is 21.5. The number of carbonyl (C=O) groups excluding carboxylic acids is 1. The molecule has 3 aliphatic rings. The van der Waals surface area contributed by atoms with E-state index in [-0.39, 0.29) is 24.4 Å². The Kier molecular flexibility index (Phi) is 8.60. The normalized spacial score (nSPS) is 22.5. The second-order valence-corrected chi connectivity index (χ2v) is 8.17. The van der Waals surface area contributed by atoms with E-state index >= 15 is 0 Å². The van der Waals surface area contributed by atoms with Gasteiger partial charge in [-0.2, -0.15) is 0 Å². The van der Waals surface area contributed by atoms with Crippen molar-refractivity contribution in [2.45, 2.75) is 39.2 Å². The molecule has 0 radical (unpaired) electrons. The maximum atomic E-state index is 13.9. The van der Waals surface area contributed by atoms with Crippen LogP contribution in [0.5, 0.6) is 11.5 Å². The highest BCUT2D eigenvalue weighted by Gasteiger charge is 2.28. The van der Waals surface area contributed by atoms with Gasteiger partial charge in [-0.05, 0) is 44.3 Å². The Balaban J connectivity index is 0.00000124. The summed E-state index contributed by atoms with van der Waals surface area (Å²) in [4.78, 5) is 16.1. The summed E-state index contributed by atoms with van der Waals surface area (Å²) >= 11 is 5.91. The highest BCUT2D eigenvalue weighted by atomic mass is 35.5. The van der Waals surface area contributed by atoms with E-state index in [1.165, 1.54) is 6.07 Å². The Labute approximate surface area is 183 Å². The first-order chi connectivity index (χ1) is 14.6. The van der Waals surface area contributed by atoms with E-state index in [1.54, 1.807) is 6.07 Å². The number of likely N-dealkylation sites (tertiary alicyclic amines) is 1. The summed E-state index contributed by atoms with van der Waals surface area (Å²) in [5, 5.41) is 0.306. The van der Waals surface area contributed by atoms with Gasteiger partial charge in [0.25, 0.3) is 0 Å². The molecule has 0 bridgehead atoms. The maximum absolute atomic E-state index is 13.9. The van der Waals surface area contributed by atoms with Crippen molar-refractivity contribution in [1.29, 1.82) is 0 Å². The number of halogens is 2. The zero-order valence-electron chi connectivity index (χ0n) is 17.9. The molecule has 2 saturated heterocycles. The fraction of sp³-hybridized carbons (Fsp3) is 0.682. The van der Waals surface area contributed by atoms with E-state index < -0.39 is 5.82 Å². The van der Waals surface area contributed by atoms with Gasteiger partial charge in [0, 0.05) is 30.7 Å². The summed E-state index contributed by atoms with van der Waals surface area (Å²) < 4.78 is 30.5. The highest BCUT2D eigenvalue weighted by molar-refractivity contribution is 6.30. The third-order valence-electron chi connectivity index (χ3n) is 5.74. The number of fused-ring (bicyclic) bond motifs is 1. The summed E-state index contributed by atoms with van der Waals surface area (Å²) in [6, 6.07) is 2.84. The minimum Gasteiger partial charge on any atom is -0.483 e. The van der Waals surface area contributed by atoms with Crippen molar-refractivity contribution < 1.29 is 23.4 Å². The van der Waals surface area contributed by atoms with Gasteiger partial charge in [-0.3, -0.25) is 9.69 Å². The molecule has 8 heteroatoms. The second-order valence-electron chi connectivity index (χ2n) is 7.73. The average Bonchev–Trinajstić information content (AvgIpc) is 2.75. The Morgan fingerprint density at radius 2 is 1.97 bits per heavy atom. The first kappa shape index (κ1) is 23.1. The van der Waals surface area contributed by atoms with E-state index in [2.05, 4.69) is 4.90 Å². The predicted octanol–water partition coefficient (Wildman–Crippen LogP) is 3.61. The van der Waals surface area contributed by atoms with Crippen molar-refractivity contribution in [3.05, 3.63) is 23.0 Å². The van der Waals surface area contributed by atoms with Gasteiger partial charge in [-0.25, -0.2) is 4.39 Å². The number of amides is 1. The number of hydrogen-bond donors (Lipinski definition) is 0. The molecule has 0 aromatic heterocycles. The number of carbonyl (C=O) groups is 1. The number of nitrogens with zero attached hydrogens (tertiary/aromatic N) is 2. The van der Waals surface area contributed by atoms with Crippen molar-refractivity contribution in [2.24, 2.45) is 5.92 Å². The quantitative estimate of drug-likeness (QED) is 0.697. The maximum Gasteiger partial charge on any atom is 0.248 e. The van der Waals surface area contributed by atoms with Gasteiger partial charge in [-0.1, -0.05) is 25.4 Å². The number of benzene rings is 1. The fourth-order valence-corrected chi connectivity index (χ4v) is 4.31. The molecule has 30 heavy (non-hydrogen) atoms. The summed E-state index contributed by atoms with van der Waals surface area (Å²) in [7, 11) is 0. The van der Waals surface area contributed by atoms with Crippen LogP contribution >= 0.6 is 11.6 Å². The first-order valence-electron chi connectivity index (χ1n) is 10.9. The molecule has 1 amide bonds. The minimum atomic E-state index is -0.486. The van der Waals surface area contributed by atoms with E-state index in [0.717, 1.165) is 45.4 Å².